The van der Waals surface area contributed by atoms with Gasteiger partial charge in [0.2, 0.25) is 0 Å². The Morgan fingerprint density at radius 1 is 1.28 bits per heavy atom. The predicted octanol–water partition coefficient (Wildman–Crippen LogP) is 0.427. The minimum Gasteiger partial charge on any atom is -0.493 e. The molecule has 5 heteroatoms. The van der Waals surface area contributed by atoms with Gasteiger partial charge in [0.15, 0.2) is 11.5 Å². The Kier molecular flexibility index (Phi) is 4.41. The molecule has 0 spiro atoms. The van der Waals surface area contributed by atoms with Crippen LogP contribution in [0.15, 0.2) is 18.2 Å². The fourth-order valence-electron chi connectivity index (χ4n) is 1.98. The molecule has 0 aliphatic carbocycles. The van der Waals surface area contributed by atoms with E-state index < -0.39 is 0 Å². The number of hydrogen-bond acceptors (Lipinski definition) is 5. The zero-order valence-electron chi connectivity index (χ0n) is 10.8. The van der Waals surface area contributed by atoms with Crippen molar-refractivity contribution >= 4 is 0 Å². The van der Waals surface area contributed by atoms with E-state index in [1.165, 1.54) is 5.56 Å². The van der Waals surface area contributed by atoms with Crippen LogP contribution in [-0.4, -0.2) is 50.1 Å². The van der Waals surface area contributed by atoms with Gasteiger partial charge in [-0.2, -0.15) is 0 Å². The van der Waals surface area contributed by atoms with Crippen molar-refractivity contribution in [3.05, 3.63) is 23.8 Å². The fraction of sp³-hybridized carbons (Fsp3) is 0.538. The number of rotatable bonds is 6. The SMILES string of the molecule is COc1ccc(CCNN2CC(O)C2)cc1OC. The summed E-state index contributed by atoms with van der Waals surface area (Å²) >= 11 is 0. The van der Waals surface area contributed by atoms with E-state index in [1.54, 1.807) is 14.2 Å². The molecule has 1 aliphatic rings. The number of nitrogens with zero attached hydrogens (tertiary/aromatic N) is 1. The van der Waals surface area contributed by atoms with Crippen LogP contribution in [0, 0.1) is 0 Å². The van der Waals surface area contributed by atoms with Crippen LogP contribution in [0.2, 0.25) is 0 Å². The lowest BCUT2D eigenvalue weighted by atomic mass is 10.1. The van der Waals surface area contributed by atoms with Crippen molar-refractivity contribution in [1.29, 1.82) is 0 Å². The van der Waals surface area contributed by atoms with E-state index in [2.05, 4.69) is 5.43 Å². The maximum absolute atomic E-state index is 9.15. The molecule has 1 aliphatic heterocycles. The number of aliphatic hydroxyl groups is 1. The van der Waals surface area contributed by atoms with Crippen LogP contribution in [0.4, 0.5) is 0 Å². The topological polar surface area (TPSA) is 54.0 Å². The van der Waals surface area contributed by atoms with E-state index in [1.807, 2.05) is 23.2 Å². The van der Waals surface area contributed by atoms with Gasteiger partial charge >= 0.3 is 0 Å². The summed E-state index contributed by atoms with van der Waals surface area (Å²) in [5, 5.41) is 11.2. The number of β-amino-alcohol motifs (C(OH)–C–C–N with tert-alkyl or cyclic N) is 1. The van der Waals surface area contributed by atoms with Gasteiger partial charge in [0, 0.05) is 19.6 Å². The highest BCUT2D eigenvalue weighted by atomic mass is 16.5. The van der Waals surface area contributed by atoms with Gasteiger partial charge in [-0.3, -0.25) is 5.43 Å². The Morgan fingerprint density at radius 2 is 2.00 bits per heavy atom. The van der Waals surface area contributed by atoms with Crippen LogP contribution in [0.1, 0.15) is 5.56 Å². The molecule has 0 amide bonds. The van der Waals surface area contributed by atoms with E-state index in [-0.39, 0.29) is 6.10 Å². The summed E-state index contributed by atoms with van der Waals surface area (Å²) in [6.07, 6.45) is 0.742. The second-order valence-electron chi connectivity index (χ2n) is 4.41. The van der Waals surface area contributed by atoms with Crippen molar-refractivity contribution in [2.24, 2.45) is 0 Å². The van der Waals surface area contributed by atoms with E-state index in [0.717, 1.165) is 24.5 Å². The summed E-state index contributed by atoms with van der Waals surface area (Å²) in [5.41, 5.74) is 4.46. The molecule has 2 rings (SSSR count). The highest BCUT2D eigenvalue weighted by Gasteiger charge is 2.23. The number of hydrogen-bond donors (Lipinski definition) is 2. The third kappa shape index (κ3) is 3.13. The van der Waals surface area contributed by atoms with E-state index in [9.17, 15) is 0 Å². The Bertz CT molecular complexity index is 392. The van der Waals surface area contributed by atoms with Crippen molar-refractivity contribution in [1.82, 2.24) is 10.4 Å². The third-order valence-electron chi connectivity index (χ3n) is 3.06. The highest BCUT2D eigenvalue weighted by molar-refractivity contribution is 5.42. The lowest BCUT2D eigenvalue weighted by molar-refractivity contribution is -0.0304. The Balaban J connectivity index is 1.81. The molecule has 0 saturated carbocycles. The fourth-order valence-corrected chi connectivity index (χ4v) is 1.98. The molecule has 0 radical (unpaired) electrons. The predicted molar refractivity (Wildman–Crippen MR) is 68.8 cm³/mol. The average Bonchev–Trinajstić information content (AvgIpc) is 2.36. The summed E-state index contributed by atoms with van der Waals surface area (Å²) in [7, 11) is 3.27. The third-order valence-corrected chi connectivity index (χ3v) is 3.06. The molecule has 1 aromatic carbocycles. The monoisotopic (exact) mass is 252 g/mol. The Labute approximate surface area is 107 Å². The molecule has 1 aromatic rings. The number of hydrazine groups is 1. The summed E-state index contributed by atoms with van der Waals surface area (Å²) in [5.74, 6) is 1.51. The van der Waals surface area contributed by atoms with Gasteiger partial charge in [0.25, 0.3) is 0 Å². The average molecular weight is 252 g/mol. The first-order valence-corrected chi connectivity index (χ1v) is 6.10. The lowest BCUT2D eigenvalue weighted by Crippen LogP contribution is -2.57. The van der Waals surface area contributed by atoms with Crippen molar-refractivity contribution < 1.29 is 14.6 Å². The standard InChI is InChI=1S/C13H20N2O3/c1-17-12-4-3-10(7-13(12)18-2)5-6-14-15-8-11(16)9-15/h3-4,7,11,14,16H,5-6,8-9H2,1-2H3. The second-order valence-corrected chi connectivity index (χ2v) is 4.41. The second kappa shape index (κ2) is 6.04. The van der Waals surface area contributed by atoms with Crippen LogP contribution in [0.25, 0.3) is 0 Å². The van der Waals surface area contributed by atoms with Gasteiger partial charge in [-0.15, -0.1) is 0 Å². The number of aliphatic hydroxyl groups excluding tert-OH is 1. The van der Waals surface area contributed by atoms with Crippen molar-refractivity contribution in [3.63, 3.8) is 0 Å². The first kappa shape index (κ1) is 13.1. The van der Waals surface area contributed by atoms with Gasteiger partial charge < -0.3 is 14.6 Å². The quantitative estimate of drug-likeness (QED) is 0.769. The normalized spacial score (nSPS) is 16.4. The number of nitrogens with one attached hydrogen (secondary N) is 1. The number of methoxy groups -OCH3 is 2. The first-order valence-electron chi connectivity index (χ1n) is 6.10. The molecule has 5 nitrogen and oxygen atoms in total. The Morgan fingerprint density at radius 3 is 2.61 bits per heavy atom. The number of benzene rings is 1. The van der Waals surface area contributed by atoms with Gasteiger partial charge in [0.1, 0.15) is 0 Å². The van der Waals surface area contributed by atoms with Gasteiger partial charge in [-0.1, -0.05) is 6.07 Å². The molecular weight excluding hydrogens is 232 g/mol. The molecule has 0 bridgehead atoms. The summed E-state index contributed by atoms with van der Waals surface area (Å²) < 4.78 is 10.5. The Hall–Kier alpha value is -1.30. The molecule has 2 N–H and O–H groups in total. The smallest absolute Gasteiger partial charge is 0.160 e. The summed E-state index contributed by atoms with van der Waals surface area (Å²) in [6.45, 7) is 2.28. The molecule has 1 heterocycles. The summed E-state index contributed by atoms with van der Waals surface area (Å²) in [6, 6.07) is 5.95. The van der Waals surface area contributed by atoms with E-state index >= 15 is 0 Å². The minimum absolute atomic E-state index is 0.168. The molecule has 0 aromatic heterocycles. The van der Waals surface area contributed by atoms with Crippen LogP contribution in [-0.2, 0) is 6.42 Å². The van der Waals surface area contributed by atoms with Gasteiger partial charge in [-0.05, 0) is 24.1 Å². The molecular formula is C13H20N2O3. The lowest BCUT2D eigenvalue weighted by Gasteiger charge is -2.36. The van der Waals surface area contributed by atoms with Gasteiger partial charge in [-0.25, -0.2) is 5.01 Å². The van der Waals surface area contributed by atoms with Crippen LogP contribution >= 0.6 is 0 Å². The molecule has 18 heavy (non-hydrogen) atoms. The minimum atomic E-state index is -0.168. The van der Waals surface area contributed by atoms with E-state index in [0.29, 0.717) is 13.1 Å². The van der Waals surface area contributed by atoms with Crippen molar-refractivity contribution in [2.75, 3.05) is 33.9 Å². The molecule has 0 unspecified atom stereocenters. The largest absolute Gasteiger partial charge is 0.493 e. The van der Waals surface area contributed by atoms with E-state index in [4.69, 9.17) is 14.6 Å². The van der Waals surface area contributed by atoms with Crippen LogP contribution < -0.4 is 14.9 Å². The molecule has 0 atom stereocenters. The maximum atomic E-state index is 9.15. The number of ether oxygens (including phenoxy) is 2. The zero-order valence-corrected chi connectivity index (χ0v) is 10.8. The van der Waals surface area contributed by atoms with Crippen molar-refractivity contribution in [2.45, 2.75) is 12.5 Å². The van der Waals surface area contributed by atoms with Crippen molar-refractivity contribution in [3.8, 4) is 11.5 Å². The molecule has 1 fully saturated rings. The summed E-state index contributed by atoms with van der Waals surface area (Å²) in [4.78, 5) is 0. The zero-order chi connectivity index (χ0) is 13.0. The highest BCUT2D eigenvalue weighted by Crippen LogP contribution is 2.27. The molecule has 1 saturated heterocycles. The maximum Gasteiger partial charge on any atom is 0.160 e. The first-order chi connectivity index (χ1) is 8.72. The van der Waals surface area contributed by atoms with Gasteiger partial charge in [0.05, 0.1) is 20.3 Å². The molecule has 100 valence electrons. The van der Waals surface area contributed by atoms with Crippen LogP contribution in [0.3, 0.4) is 0 Å². The van der Waals surface area contributed by atoms with Crippen LogP contribution in [0.5, 0.6) is 11.5 Å².